The normalized spacial score (nSPS) is 12.9. The van der Waals surface area contributed by atoms with Gasteiger partial charge in [-0.15, -0.1) is 0 Å². The summed E-state index contributed by atoms with van der Waals surface area (Å²) in [6.45, 7) is 1.37. The van der Waals surface area contributed by atoms with Gasteiger partial charge in [0.05, 0.1) is 5.56 Å². The Morgan fingerprint density at radius 1 is 1.47 bits per heavy atom. The van der Waals surface area contributed by atoms with Crippen molar-refractivity contribution in [1.82, 2.24) is 0 Å². The average molecular weight is 208 g/mol. The molecule has 2 rings (SSSR count). The van der Waals surface area contributed by atoms with Crippen molar-refractivity contribution in [2.75, 3.05) is 0 Å². The van der Waals surface area contributed by atoms with Gasteiger partial charge in [0.2, 0.25) is 0 Å². The SMILES string of the molecule is CC(F)c1cc2cc(C(=O)O)ccc2o1. The van der Waals surface area contributed by atoms with E-state index in [1.807, 2.05) is 0 Å². The number of carbonyl (C=O) groups is 1. The van der Waals surface area contributed by atoms with Crippen LogP contribution in [0.5, 0.6) is 0 Å². The largest absolute Gasteiger partial charge is 0.478 e. The number of furan rings is 1. The molecule has 4 heteroatoms. The highest BCUT2D eigenvalue weighted by molar-refractivity contribution is 5.93. The third-order valence-electron chi connectivity index (χ3n) is 2.17. The zero-order chi connectivity index (χ0) is 11.0. The van der Waals surface area contributed by atoms with E-state index >= 15 is 0 Å². The van der Waals surface area contributed by atoms with Gasteiger partial charge in [-0.3, -0.25) is 0 Å². The second-order valence-electron chi connectivity index (χ2n) is 3.32. The summed E-state index contributed by atoms with van der Waals surface area (Å²) in [6.07, 6.45) is -1.19. The van der Waals surface area contributed by atoms with Gasteiger partial charge in [-0.2, -0.15) is 0 Å². The predicted octanol–water partition coefficient (Wildman–Crippen LogP) is 3.16. The van der Waals surface area contributed by atoms with Gasteiger partial charge in [-0.05, 0) is 31.2 Å². The van der Waals surface area contributed by atoms with Crippen molar-refractivity contribution in [3.8, 4) is 0 Å². The summed E-state index contributed by atoms with van der Waals surface area (Å²) in [5.74, 6) is -0.791. The van der Waals surface area contributed by atoms with Gasteiger partial charge in [0, 0.05) is 5.39 Å². The van der Waals surface area contributed by atoms with Crippen LogP contribution in [0.2, 0.25) is 0 Å². The van der Waals surface area contributed by atoms with Crippen LogP contribution in [0.25, 0.3) is 11.0 Å². The van der Waals surface area contributed by atoms with E-state index in [2.05, 4.69) is 0 Å². The zero-order valence-electron chi connectivity index (χ0n) is 8.03. The molecule has 78 valence electrons. The Bertz CT molecular complexity index is 514. The maximum Gasteiger partial charge on any atom is 0.335 e. The van der Waals surface area contributed by atoms with Gasteiger partial charge in [-0.25, -0.2) is 9.18 Å². The van der Waals surface area contributed by atoms with Crippen molar-refractivity contribution in [1.29, 1.82) is 0 Å². The van der Waals surface area contributed by atoms with E-state index in [4.69, 9.17) is 9.52 Å². The first-order chi connectivity index (χ1) is 7.08. The summed E-state index contributed by atoms with van der Waals surface area (Å²) in [7, 11) is 0. The van der Waals surface area contributed by atoms with E-state index in [9.17, 15) is 9.18 Å². The third-order valence-corrected chi connectivity index (χ3v) is 2.17. The number of carboxylic acids is 1. The van der Waals surface area contributed by atoms with Gasteiger partial charge in [0.25, 0.3) is 0 Å². The lowest BCUT2D eigenvalue weighted by Crippen LogP contribution is -1.94. The van der Waals surface area contributed by atoms with Gasteiger partial charge in [0.15, 0.2) is 6.17 Å². The van der Waals surface area contributed by atoms with Gasteiger partial charge in [0.1, 0.15) is 11.3 Å². The smallest absolute Gasteiger partial charge is 0.335 e. The number of aromatic carboxylic acids is 1. The molecule has 1 N–H and O–H groups in total. The van der Waals surface area contributed by atoms with Crippen LogP contribution in [0, 0.1) is 0 Å². The first-order valence-electron chi connectivity index (χ1n) is 4.49. The number of hydrogen-bond donors (Lipinski definition) is 1. The maximum absolute atomic E-state index is 12.9. The molecule has 1 aromatic heterocycles. The Hall–Kier alpha value is -1.84. The molecule has 1 unspecified atom stereocenters. The summed E-state index contributed by atoms with van der Waals surface area (Å²) in [5, 5.41) is 9.36. The second-order valence-corrected chi connectivity index (χ2v) is 3.32. The van der Waals surface area contributed by atoms with E-state index in [0.717, 1.165) is 0 Å². The molecular formula is C11H9FO3. The van der Waals surface area contributed by atoms with Crippen molar-refractivity contribution in [3.05, 3.63) is 35.6 Å². The molecular weight excluding hydrogens is 199 g/mol. The highest BCUT2D eigenvalue weighted by Crippen LogP contribution is 2.26. The molecule has 3 nitrogen and oxygen atoms in total. The lowest BCUT2D eigenvalue weighted by molar-refractivity contribution is 0.0697. The van der Waals surface area contributed by atoms with Crippen molar-refractivity contribution in [2.24, 2.45) is 0 Å². The number of rotatable bonds is 2. The van der Waals surface area contributed by atoms with Crippen molar-refractivity contribution >= 4 is 16.9 Å². The Labute approximate surface area is 85.1 Å². The number of fused-ring (bicyclic) bond motifs is 1. The molecule has 0 aliphatic rings. The molecule has 0 fully saturated rings. The third kappa shape index (κ3) is 1.70. The van der Waals surface area contributed by atoms with Crippen LogP contribution in [-0.2, 0) is 0 Å². The van der Waals surface area contributed by atoms with E-state index in [1.165, 1.54) is 31.2 Å². The Morgan fingerprint density at radius 2 is 2.20 bits per heavy atom. The summed E-state index contributed by atoms with van der Waals surface area (Å²) in [4.78, 5) is 10.7. The summed E-state index contributed by atoms with van der Waals surface area (Å²) in [6, 6.07) is 5.95. The molecule has 0 saturated carbocycles. The first kappa shape index (κ1) is 9.71. The number of halogens is 1. The maximum atomic E-state index is 12.9. The van der Waals surface area contributed by atoms with Gasteiger partial charge >= 0.3 is 5.97 Å². The molecule has 0 aliphatic carbocycles. The lowest BCUT2D eigenvalue weighted by Gasteiger charge is -1.93. The average Bonchev–Trinajstić information content (AvgIpc) is 2.59. The second kappa shape index (κ2) is 3.38. The number of hydrogen-bond acceptors (Lipinski definition) is 2. The van der Waals surface area contributed by atoms with Crippen LogP contribution in [0.3, 0.4) is 0 Å². The highest BCUT2D eigenvalue weighted by atomic mass is 19.1. The van der Waals surface area contributed by atoms with Crippen molar-refractivity contribution in [3.63, 3.8) is 0 Å². The topological polar surface area (TPSA) is 50.4 Å². The molecule has 0 saturated heterocycles. The number of carboxylic acid groups (broad SMARTS) is 1. The fourth-order valence-electron chi connectivity index (χ4n) is 1.39. The fourth-order valence-corrected chi connectivity index (χ4v) is 1.39. The molecule has 0 radical (unpaired) electrons. The van der Waals surface area contributed by atoms with Crippen LogP contribution >= 0.6 is 0 Å². The fraction of sp³-hybridized carbons (Fsp3) is 0.182. The molecule has 0 aliphatic heterocycles. The van der Waals surface area contributed by atoms with E-state index in [-0.39, 0.29) is 11.3 Å². The molecule has 1 heterocycles. The predicted molar refractivity (Wildman–Crippen MR) is 52.7 cm³/mol. The van der Waals surface area contributed by atoms with E-state index in [1.54, 1.807) is 0 Å². The molecule has 1 aromatic carbocycles. The summed E-state index contributed by atoms with van der Waals surface area (Å²) >= 11 is 0. The van der Waals surface area contributed by atoms with Crippen LogP contribution < -0.4 is 0 Å². The summed E-state index contributed by atoms with van der Waals surface area (Å²) in [5.41, 5.74) is 0.667. The van der Waals surface area contributed by atoms with Crippen molar-refractivity contribution in [2.45, 2.75) is 13.1 Å². The van der Waals surface area contributed by atoms with Gasteiger partial charge in [-0.1, -0.05) is 0 Å². The first-order valence-corrected chi connectivity index (χ1v) is 4.49. The minimum absolute atomic E-state index is 0.168. The Kier molecular flexibility index (Phi) is 2.19. The molecule has 0 amide bonds. The molecule has 1 atom stereocenters. The lowest BCUT2D eigenvalue weighted by atomic mass is 10.1. The minimum atomic E-state index is -1.19. The monoisotopic (exact) mass is 208 g/mol. The minimum Gasteiger partial charge on any atom is -0.478 e. The highest BCUT2D eigenvalue weighted by Gasteiger charge is 2.11. The zero-order valence-corrected chi connectivity index (χ0v) is 8.03. The van der Waals surface area contributed by atoms with Crippen LogP contribution in [-0.4, -0.2) is 11.1 Å². The Morgan fingerprint density at radius 3 is 2.80 bits per heavy atom. The Balaban J connectivity index is 2.57. The molecule has 0 spiro atoms. The van der Waals surface area contributed by atoms with Crippen LogP contribution in [0.4, 0.5) is 4.39 Å². The quantitative estimate of drug-likeness (QED) is 0.824. The van der Waals surface area contributed by atoms with Crippen molar-refractivity contribution < 1.29 is 18.7 Å². The summed E-state index contributed by atoms with van der Waals surface area (Å²) < 4.78 is 18.1. The van der Waals surface area contributed by atoms with Crippen LogP contribution in [0.1, 0.15) is 29.2 Å². The van der Waals surface area contributed by atoms with E-state index in [0.29, 0.717) is 11.0 Å². The standard InChI is InChI=1S/C11H9FO3/c1-6(12)10-5-8-4-7(11(13)14)2-3-9(8)15-10/h2-6H,1H3,(H,13,14). The number of benzene rings is 1. The van der Waals surface area contributed by atoms with Crippen LogP contribution in [0.15, 0.2) is 28.7 Å². The number of alkyl halides is 1. The van der Waals surface area contributed by atoms with E-state index < -0.39 is 12.1 Å². The molecule has 0 bridgehead atoms. The molecule has 15 heavy (non-hydrogen) atoms. The molecule has 2 aromatic rings. The van der Waals surface area contributed by atoms with Gasteiger partial charge < -0.3 is 9.52 Å².